The van der Waals surface area contributed by atoms with Gasteiger partial charge in [0.15, 0.2) is 0 Å². The summed E-state index contributed by atoms with van der Waals surface area (Å²) in [5.41, 5.74) is 1.58. The normalized spacial score (nSPS) is 22.3. The molecule has 0 amide bonds. The van der Waals surface area contributed by atoms with Crippen LogP contribution in [0.4, 0.5) is 0 Å². The Morgan fingerprint density at radius 1 is 0.233 bits per heavy atom. The van der Waals surface area contributed by atoms with Gasteiger partial charge in [0.25, 0.3) is 0 Å². The minimum Gasteiger partial charge on any atom is -0.314 e. The SMILES string of the molecule is C.CC(C)(C)N1CCCC1.CC(C)(C)N1CCCCC1.CC(C)(C)N1CCCCC1.CC(C)(C)N1CCNCC1.CC(C)CN1CCCC1.CC(C)CN1CCCCC1.CC(C)CN1CCCCC1.CC(C)CN1CCCCC1.CC(C)CN1CCN(C)CC1. The van der Waals surface area contributed by atoms with Crippen molar-refractivity contribution in [3.8, 4) is 0 Å². The lowest BCUT2D eigenvalue weighted by atomic mass is 10.0. The van der Waals surface area contributed by atoms with Crippen LogP contribution in [-0.2, 0) is 0 Å². The summed E-state index contributed by atoms with van der Waals surface area (Å²) in [4.78, 5) is 25.5. The third-order valence-electron chi connectivity index (χ3n) is 19.0. The first-order valence-electron chi connectivity index (χ1n) is 38.8. The molecule has 9 heterocycles. The van der Waals surface area contributed by atoms with Gasteiger partial charge in [-0.25, -0.2) is 0 Å². The Morgan fingerprint density at radius 2 is 0.400 bits per heavy atom. The predicted molar refractivity (Wildman–Crippen MR) is 407 cm³/mol. The number of nitrogens with one attached hydrogen (secondary N) is 1. The van der Waals surface area contributed by atoms with Crippen molar-refractivity contribution in [1.82, 2.24) is 54.3 Å². The summed E-state index contributed by atoms with van der Waals surface area (Å²) in [6, 6.07) is 0. The van der Waals surface area contributed by atoms with Crippen LogP contribution in [0.3, 0.4) is 0 Å². The predicted octanol–water partition coefficient (Wildman–Crippen LogP) is 16.8. The van der Waals surface area contributed by atoms with Crippen LogP contribution in [0.2, 0.25) is 0 Å². The van der Waals surface area contributed by atoms with E-state index in [1.165, 1.54) is 286 Å². The molecule has 0 aliphatic carbocycles. The molecule has 0 spiro atoms. The summed E-state index contributed by atoms with van der Waals surface area (Å²) in [6.45, 7) is 85.3. The highest BCUT2D eigenvalue weighted by Gasteiger charge is 2.26. The molecule has 11 nitrogen and oxygen atoms in total. The lowest BCUT2D eigenvalue weighted by Crippen LogP contribution is -2.51. The fraction of sp³-hybridized carbons (Fsp3) is 1.00. The van der Waals surface area contributed by atoms with Crippen LogP contribution < -0.4 is 5.32 Å². The van der Waals surface area contributed by atoms with Crippen molar-refractivity contribution in [2.75, 3.05) is 184 Å². The van der Waals surface area contributed by atoms with E-state index < -0.39 is 0 Å². The number of hydrogen-bond acceptors (Lipinski definition) is 11. The van der Waals surface area contributed by atoms with Gasteiger partial charge in [-0.1, -0.05) is 109 Å². The van der Waals surface area contributed by atoms with Crippen molar-refractivity contribution in [1.29, 1.82) is 0 Å². The second-order valence-electron chi connectivity index (χ2n) is 34.9. The Bertz CT molecular complexity index is 1410. The largest absolute Gasteiger partial charge is 0.314 e. The summed E-state index contributed by atoms with van der Waals surface area (Å²) in [5.74, 6) is 4.20. The molecule has 9 aliphatic rings. The second-order valence-corrected chi connectivity index (χ2v) is 34.9. The molecule has 0 unspecified atom stereocenters. The van der Waals surface area contributed by atoms with Gasteiger partial charge in [0.1, 0.15) is 0 Å². The number of piperidine rings is 5. The Kier molecular flexibility index (Phi) is 50.6. The van der Waals surface area contributed by atoms with Gasteiger partial charge in [0.05, 0.1) is 0 Å². The van der Waals surface area contributed by atoms with E-state index in [9.17, 15) is 0 Å². The maximum absolute atomic E-state index is 3.35. The molecule has 9 aliphatic heterocycles. The molecule has 0 aromatic carbocycles. The summed E-state index contributed by atoms with van der Waals surface area (Å²) >= 11 is 0. The van der Waals surface area contributed by atoms with E-state index in [-0.39, 0.29) is 7.43 Å². The van der Waals surface area contributed by atoms with E-state index in [4.69, 9.17) is 0 Å². The Hall–Kier alpha value is -0.440. The molecule has 0 radical (unpaired) electrons. The monoisotopic (exact) mass is 1270 g/mol. The number of piperazine rings is 2. The van der Waals surface area contributed by atoms with E-state index in [1.807, 2.05) is 0 Å². The van der Waals surface area contributed by atoms with Gasteiger partial charge >= 0.3 is 0 Å². The maximum atomic E-state index is 3.35. The van der Waals surface area contributed by atoms with Gasteiger partial charge in [-0.2, -0.15) is 0 Å². The van der Waals surface area contributed by atoms with Gasteiger partial charge in [-0.3, -0.25) is 19.6 Å². The number of likely N-dealkylation sites (tertiary alicyclic amines) is 7. The highest BCUT2D eigenvalue weighted by molar-refractivity contribution is 4.82. The van der Waals surface area contributed by atoms with Gasteiger partial charge < -0.3 is 34.7 Å². The third kappa shape index (κ3) is 49.1. The number of rotatable bonds is 10. The van der Waals surface area contributed by atoms with Crippen molar-refractivity contribution in [2.45, 2.75) is 304 Å². The quantitative estimate of drug-likeness (QED) is 0.228. The maximum Gasteiger partial charge on any atom is 0.0126 e. The standard InChI is InChI=1S/C9H20N2.5C9H19N.C8H18N2.2C8H17N.CH4/c1-9(2)8-11-6-4-10(3)5-7-11;2*1-9(2,3)10-7-5-4-6-8-10;3*1-9(2)8-10-6-4-3-5-7-10;1-8(2,3)10-6-4-9-5-7-10;1-8(2,3)9-6-4-5-7-9;1-8(2)7-9-5-3-4-6-9;/h9H,4-8H2,1-3H3;2*4-8H2,1-3H3;3*9H,3-8H2,1-2H3;9H,4-7H2,1-3H3;4-7H2,1-3H3;8H,3-7H2,1-2H3;1H4. The van der Waals surface area contributed by atoms with E-state index in [0.29, 0.717) is 22.2 Å². The van der Waals surface area contributed by atoms with Crippen LogP contribution >= 0.6 is 0 Å². The molecule has 9 rings (SSSR count). The van der Waals surface area contributed by atoms with E-state index in [0.717, 1.165) is 42.7 Å². The summed E-state index contributed by atoms with van der Waals surface area (Å²) in [7, 11) is 2.20. The average Bonchev–Trinajstić information content (AvgIpc) is 3.03. The molecular weight excluding hydrogens is 1100 g/mol. The molecule has 11 heteroatoms. The average molecular weight is 1280 g/mol. The molecule has 542 valence electrons. The fourth-order valence-corrected chi connectivity index (χ4v) is 13.9. The Morgan fingerprint density at radius 3 is 0.578 bits per heavy atom. The van der Waals surface area contributed by atoms with Gasteiger partial charge in [0.2, 0.25) is 0 Å². The van der Waals surface area contributed by atoms with Crippen molar-refractivity contribution < 1.29 is 0 Å². The summed E-state index contributed by atoms with van der Waals surface area (Å²) in [5, 5.41) is 3.35. The van der Waals surface area contributed by atoms with Crippen LogP contribution in [-0.4, -0.2) is 255 Å². The van der Waals surface area contributed by atoms with E-state index >= 15 is 0 Å². The number of hydrogen-bond donors (Lipinski definition) is 1. The van der Waals surface area contributed by atoms with Crippen LogP contribution in [0.5, 0.6) is 0 Å². The van der Waals surface area contributed by atoms with Crippen LogP contribution in [0.15, 0.2) is 0 Å². The molecule has 0 saturated carbocycles. The minimum atomic E-state index is 0. The third-order valence-corrected chi connectivity index (χ3v) is 19.0. The van der Waals surface area contributed by atoms with Crippen molar-refractivity contribution in [3.05, 3.63) is 0 Å². The summed E-state index contributed by atoms with van der Waals surface area (Å²) < 4.78 is 0. The molecule has 9 saturated heterocycles. The van der Waals surface area contributed by atoms with Crippen LogP contribution in [0, 0.1) is 29.6 Å². The zero-order chi connectivity index (χ0) is 66.9. The number of likely N-dealkylation sites (N-methyl/N-ethyl adjacent to an activating group) is 1. The first-order chi connectivity index (χ1) is 41.8. The minimum absolute atomic E-state index is 0. The number of nitrogens with zero attached hydrogens (tertiary/aromatic N) is 10. The van der Waals surface area contributed by atoms with Crippen LogP contribution in [0.25, 0.3) is 0 Å². The molecular formula is C79H171N11. The molecule has 0 aromatic rings. The topological polar surface area (TPSA) is 44.4 Å². The molecule has 9 fully saturated rings. The molecule has 0 aromatic heterocycles. The lowest BCUT2D eigenvalue weighted by molar-refractivity contribution is 0.110. The van der Waals surface area contributed by atoms with Crippen molar-refractivity contribution >= 4 is 0 Å². The van der Waals surface area contributed by atoms with Crippen molar-refractivity contribution in [2.24, 2.45) is 29.6 Å². The lowest BCUT2D eigenvalue weighted by Gasteiger charge is -2.38. The highest BCUT2D eigenvalue weighted by Crippen LogP contribution is 2.22. The molecule has 1 N–H and O–H groups in total. The van der Waals surface area contributed by atoms with Gasteiger partial charge in [-0.15, -0.1) is 0 Å². The first kappa shape index (κ1) is 89.6. The molecule has 90 heavy (non-hydrogen) atoms. The van der Waals surface area contributed by atoms with Gasteiger partial charge in [0, 0.05) is 107 Å². The Labute approximate surface area is 568 Å². The van der Waals surface area contributed by atoms with Crippen LogP contribution in [0.1, 0.15) is 282 Å². The highest BCUT2D eigenvalue weighted by atomic mass is 15.3. The summed E-state index contributed by atoms with van der Waals surface area (Å²) in [6.07, 6.45) is 27.0. The smallest absolute Gasteiger partial charge is 0.0126 e. The van der Waals surface area contributed by atoms with E-state index in [2.05, 4.69) is 214 Å². The van der Waals surface area contributed by atoms with E-state index in [1.54, 1.807) is 0 Å². The fourth-order valence-electron chi connectivity index (χ4n) is 13.9. The zero-order valence-corrected chi connectivity index (χ0v) is 65.4. The zero-order valence-electron chi connectivity index (χ0n) is 65.4. The molecule has 0 atom stereocenters. The Balaban J connectivity index is 0.000000989. The second kappa shape index (κ2) is 50.8. The van der Waals surface area contributed by atoms with Gasteiger partial charge in [-0.05, 0) is 301 Å². The van der Waals surface area contributed by atoms with Crippen molar-refractivity contribution in [3.63, 3.8) is 0 Å². The molecule has 0 bridgehead atoms. The first-order valence-corrected chi connectivity index (χ1v) is 38.8.